The van der Waals surface area contributed by atoms with Crippen molar-refractivity contribution in [3.8, 4) is 6.07 Å². The number of carbonyl (C=O) groups excluding carboxylic acids is 2. The first-order valence-electron chi connectivity index (χ1n) is 9.57. The third kappa shape index (κ3) is 5.11. The first-order valence-corrected chi connectivity index (χ1v) is 11.3. The molecule has 31 heavy (non-hydrogen) atoms. The second-order valence-corrected chi connectivity index (χ2v) is 10.5. The zero-order chi connectivity index (χ0) is 22.9. The van der Waals surface area contributed by atoms with Crippen LogP contribution in [0.2, 0.25) is 0 Å². The molecule has 166 valence electrons. The molecule has 1 atom stereocenters. The summed E-state index contributed by atoms with van der Waals surface area (Å²) in [6.45, 7) is 7.85. The summed E-state index contributed by atoms with van der Waals surface area (Å²) in [6, 6.07) is 2.17. The minimum absolute atomic E-state index is 0.265. The Balaban J connectivity index is 1.74. The van der Waals surface area contributed by atoms with E-state index in [0.29, 0.717) is 30.1 Å². The number of amides is 2. The van der Waals surface area contributed by atoms with Gasteiger partial charge in [-0.2, -0.15) is 5.26 Å². The molecule has 0 radical (unpaired) electrons. The lowest BCUT2D eigenvalue weighted by molar-refractivity contribution is -0.772. The molecule has 0 aromatic carbocycles. The molecule has 0 spiro atoms. The topological polar surface area (TPSA) is 132 Å². The van der Waals surface area contributed by atoms with E-state index in [1.54, 1.807) is 18.9 Å². The van der Waals surface area contributed by atoms with E-state index in [4.69, 9.17) is 9.26 Å². The van der Waals surface area contributed by atoms with E-state index in [1.807, 2.05) is 20.8 Å². The first kappa shape index (κ1) is 22.9. The predicted octanol–water partition coefficient (Wildman–Crippen LogP) is 2.14. The highest BCUT2D eigenvalue weighted by molar-refractivity contribution is 8.00. The third-order valence-electron chi connectivity index (χ3n) is 4.47. The van der Waals surface area contributed by atoms with Crippen LogP contribution in [0.15, 0.2) is 14.3 Å². The number of ether oxygens (including phenoxy) is 1. The molecule has 0 aliphatic carbocycles. The van der Waals surface area contributed by atoms with Crippen molar-refractivity contribution in [3.05, 3.63) is 26.4 Å². The van der Waals surface area contributed by atoms with Gasteiger partial charge in [-0.05, 0) is 56.7 Å². The summed E-state index contributed by atoms with van der Waals surface area (Å²) in [6.07, 6.45) is 0.104. The van der Waals surface area contributed by atoms with E-state index in [1.165, 1.54) is 16.0 Å². The normalized spacial score (nSPS) is 14.5. The highest BCUT2D eigenvalue weighted by atomic mass is 32.2. The number of fused-ring (bicyclic) bond motifs is 1. The van der Waals surface area contributed by atoms with Gasteiger partial charge in [0.15, 0.2) is 7.05 Å². The molecule has 1 aliphatic heterocycles. The highest BCUT2D eigenvalue weighted by Crippen LogP contribution is 2.37. The lowest BCUT2D eigenvalue weighted by atomic mass is 10.0. The van der Waals surface area contributed by atoms with E-state index in [2.05, 4.69) is 16.7 Å². The Kier molecular flexibility index (Phi) is 6.47. The van der Waals surface area contributed by atoms with Gasteiger partial charge in [0, 0.05) is 11.4 Å². The predicted molar refractivity (Wildman–Crippen MR) is 114 cm³/mol. The highest BCUT2D eigenvalue weighted by Gasteiger charge is 2.31. The first-order chi connectivity index (χ1) is 14.5. The number of nitrogens with one attached hydrogen (secondary N) is 2. The molecule has 2 N–H and O–H groups in total. The van der Waals surface area contributed by atoms with Gasteiger partial charge in [-0.15, -0.1) is 11.3 Å². The van der Waals surface area contributed by atoms with Gasteiger partial charge in [-0.3, -0.25) is 9.32 Å². The van der Waals surface area contributed by atoms with Gasteiger partial charge in [0.2, 0.25) is 5.91 Å². The Morgan fingerprint density at radius 2 is 2.16 bits per heavy atom. The molecule has 0 fully saturated rings. The lowest BCUT2D eigenvalue weighted by Gasteiger charge is -2.29. The number of nitriles is 1. The molecule has 2 aromatic rings. The van der Waals surface area contributed by atoms with Crippen LogP contribution in [0.3, 0.4) is 0 Å². The average Bonchev–Trinajstić information content (AvgIpc) is 3.19. The fourth-order valence-corrected chi connectivity index (χ4v) is 5.04. The molecule has 0 saturated carbocycles. The van der Waals surface area contributed by atoms with Gasteiger partial charge < -0.3 is 15.0 Å². The van der Waals surface area contributed by atoms with Crippen molar-refractivity contribution in [3.63, 3.8) is 0 Å². The average molecular weight is 467 g/mol. The van der Waals surface area contributed by atoms with Crippen molar-refractivity contribution in [2.24, 2.45) is 7.05 Å². The number of thioether (sulfide) groups is 1. The minimum atomic E-state index is -0.603. The number of aromatic amines is 1. The van der Waals surface area contributed by atoms with Crippen LogP contribution in [0.5, 0.6) is 0 Å². The Morgan fingerprint density at radius 3 is 2.74 bits per heavy atom. The van der Waals surface area contributed by atoms with E-state index in [0.717, 1.165) is 22.2 Å². The second kappa shape index (κ2) is 8.76. The van der Waals surface area contributed by atoms with Crippen LogP contribution in [0.1, 0.15) is 43.7 Å². The Labute approximate surface area is 187 Å². The molecule has 0 bridgehead atoms. The van der Waals surface area contributed by atoms with Gasteiger partial charge in [-0.1, -0.05) is 4.68 Å². The van der Waals surface area contributed by atoms with Crippen LogP contribution < -0.4 is 15.6 Å². The van der Waals surface area contributed by atoms with Crippen LogP contribution in [0.4, 0.5) is 9.80 Å². The molecule has 3 heterocycles. The summed E-state index contributed by atoms with van der Waals surface area (Å²) < 4.78 is 11.5. The molecule has 12 heteroatoms. The second-order valence-electron chi connectivity index (χ2n) is 8.07. The van der Waals surface area contributed by atoms with E-state index < -0.39 is 22.6 Å². The lowest BCUT2D eigenvalue weighted by Crippen LogP contribution is -2.39. The quantitative estimate of drug-likeness (QED) is 0.521. The fraction of sp³-hybridized carbons (Fsp3) is 0.526. The maximum absolute atomic E-state index is 12.7. The number of rotatable bonds is 4. The van der Waals surface area contributed by atoms with Crippen LogP contribution in [-0.2, 0) is 29.5 Å². The molecule has 1 unspecified atom stereocenters. The van der Waals surface area contributed by atoms with Gasteiger partial charge >= 0.3 is 16.7 Å². The Bertz CT molecular complexity index is 1100. The van der Waals surface area contributed by atoms with Crippen molar-refractivity contribution >= 4 is 40.1 Å². The van der Waals surface area contributed by atoms with Crippen LogP contribution in [0.25, 0.3) is 0 Å². The van der Waals surface area contributed by atoms with Crippen molar-refractivity contribution in [2.75, 3.05) is 11.9 Å². The van der Waals surface area contributed by atoms with E-state index >= 15 is 0 Å². The van der Waals surface area contributed by atoms with Gasteiger partial charge in [0.1, 0.15) is 16.7 Å². The molecule has 10 nitrogen and oxygen atoms in total. The van der Waals surface area contributed by atoms with Crippen LogP contribution in [0, 0.1) is 11.3 Å². The van der Waals surface area contributed by atoms with Crippen molar-refractivity contribution in [2.45, 2.75) is 56.5 Å². The van der Waals surface area contributed by atoms with Crippen molar-refractivity contribution in [1.29, 1.82) is 5.26 Å². The summed E-state index contributed by atoms with van der Waals surface area (Å²) in [5.41, 5.74) is 0.116. The number of nitrogens with zero attached hydrogens (tertiary/aromatic N) is 3. The van der Waals surface area contributed by atoms with E-state index in [-0.39, 0.29) is 10.9 Å². The molecular weight excluding hydrogens is 442 g/mol. The standard InChI is InChI=1S/C19H23N5O5S2/c1-10(30-16-17(26)29-22-23(16)5)14(25)21-15-12(8-20)11-6-7-24(9-13(11)31-15)18(27)28-19(2,3)4/h10H,6-7,9H2,1-5H3,(H-,21,22,25,26)/p+1. The maximum atomic E-state index is 12.7. The molecule has 3 rings (SSSR count). The summed E-state index contributed by atoms with van der Waals surface area (Å²) in [5, 5.41) is 15.0. The monoisotopic (exact) mass is 466 g/mol. The number of carbonyl (C=O) groups is 2. The van der Waals surface area contributed by atoms with E-state index in [9.17, 15) is 19.6 Å². The number of hydrogen-bond acceptors (Lipinski definition) is 8. The molecule has 0 saturated heterocycles. The zero-order valence-corrected chi connectivity index (χ0v) is 19.5. The number of H-pyrrole nitrogens is 1. The number of hydrogen-bond donors (Lipinski definition) is 2. The van der Waals surface area contributed by atoms with Crippen LogP contribution >= 0.6 is 23.1 Å². The third-order valence-corrected chi connectivity index (χ3v) is 6.83. The minimum Gasteiger partial charge on any atom is -0.444 e. The SMILES string of the molecule is CC(Sc1c(=O)o[nH][n+]1C)C(=O)Nc1sc2c(c1C#N)CCN(C(=O)OC(C)(C)C)C2. The number of aromatic nitrogens is 2. The van der Waals surface area contributed by atoms with Gasteiger partial charge in [-0.25, -0.2) is 9.59 Å². The zero-order valence-electron chi connectivity index (χ0n) is 17.9. The van der Waals surface area contributed by atoms with Crippen molar-refractivity contribution < 1.29 is 23.5 Å². The molecule has 2 aromatic heterocycles. The van der Waals surface area contributed by atoms with Crippen LogP contribution in [-0.4, -0.2) is 39.6 Å². The number of aryl methyl sites for hydroxylation is 1. The van der Waals surface area contributed by atoms with Gasteiger partial charge in [0.25, 0.3) is 0 Å². The number of anilines is 1. The van der Waals surface area contributed by atoms with Gasteiger partial charge in [0.05, 0.1) is 17.4 Å². The largest absolute Gasteiger partial charge is 0.444 e. The molecule has 2 amide bonds. The summed E-state index contributed by atoms with van der Waals surface area (Å²) in [5.74, 6) is -0.343. The smallest absolute Gasteiger partial charge is 0.441 e. The Hall–Kier alpha value is -2.78. The maximum Gasteiger partial charge on any atom is 0.441 e. The summed E-state index contributed by atoms with van der Waals surface area (Å²) >= 11 is 2.34. The number of thiophene rings is 1. The summed E-state index contributed by atoms with van der Waals surface area (Å²) in [7, 11) is 1.61. The fourth-order valence-electron chi connectivity index (χ4n) is 2.99. The Morgan fingerprint density at radius 1 is 1.45 bits per heavy atom. The van der Waals surface area contributed by atoms with Crippen molar-refractivity contribution in [1.82, 2.24) is 10.2 Å². The molecular formula is C19H24N5O5S2+. The summed E-state index contributed by atoms with van der Waals surface area (Å²) in [4.78, 5) is 39.2. The molecule has 1 aliphatic rings.